The van der Waals surface area contributed by atoms with E-state index in [9.17, 15) is 74.6 Å². The highest BCUT2D eigenvalue weighted by molar-refractivity contribution is 7.80. The van der Waals surface area contributed by atoms with Gasteiger partial charge in [-0.3, -0.25) is 0 Å². The van der Waals surface area contributed by atoms with Crippen molar-refractivity contribution in [1.82, 2.24) is 0 Å². The van der Waals surface area contributed by atoms with E-state index in [0.717, 1.165) is 25.7 Å². The smallest absolute Gasteiger partial charge is 0.200 e. The fraction of sp³-hybridized carbons (Fsp3) is 1.00. The van der Waals surface area contributed by atoms with Crippen LogP contribution in [0.15, 0.2) is 0 Å². The second-order valence-corrected chi connectivity index (χ2v) is 9.10. The molecule has 0 amide bonds. The van der Waals surface area contributed by atoms with Gasteiger partial charge in [-0.1, -0.05) is 51.4 Å². The second-order valence-electron chi connectivity index (χ2n) is 8.66. The maximum Gasteiger partial charge on any atom is 0.460 e. The Kier molecular flexibility index (Phi) is 12.5. The Balaban J connectivity index is 5.46. The highest BCUT2D eigenvalue weighted by Gasteiger charge is 2.95. The molecule has 18 heteroatoms. The largest absolute Gasteiger partial charge is 0.460 e. The van der Waals surface area contributed by atoms with Crippen molar-refractivity contribution >= 4 is 12.6 Å². The third-order valence-corrected chi connectivity index (χ3v) is 6.00. The van der Waals surface area contributed by atoms with Gasteiger partial charge >= 0.3 is 47.6 Å². The minimum absolute atomic E-state index is 0.0850. The predicted molar refractivity (Wildman–Crippen MR) is 105 cm³/mol. The fourth-order valence-corrected chi connectivity index (χ4v) is 3.45. The van der Waals surface area contributed by atoms with Crippen LogP contribution in [0.4, 0.5) is 74.6 Å². The van der Waals surface area contributed by atoms with Crippen LogP contribution in [0.5, 0.6) is 0 Å². The molecule has 0 bridgehead atoms. The van der Waals surface area contributed by atoms with Crippen molar-refractivity contribution in [2.24, 2.45) is 0 Å². The molecule has 0 heterocycles. The lowest BCUT2D eigenvalue weighted by molar-refractivity contribution is -0.461. The van der Waals surface area contributed by atoms with Gasteiger partial charge in [0.1, 0.15) is 0 Å². The summed E-state index contributed by atoms with van der Waals surface area (Å²) < 4.78 is 224. The Bertz CT molecular complexity index is 715. The number of alkyl halides is 17. The predicted octanol–water partition coefficient (Wildman–Crippen LogP) is 10.2. The molecule has 0 saturated heterocycles. The van der Waals surface area contributed by atoms with Crippen molar-refractivity contribution in [1.29, 1.82) is 0 Å². The van der Waals surface area contributed by atoms with Crippen LogP contribution in [0.3, 0.4) is 0 Å². The van der Waals surface area contributed by atoms with Crippen LogP contribution in [0, 0.1) is 0 Å². The number of thiol groups is 1. The van der Waals surface area contributed by atoms with Gasteiger partial charge in [0, 0.05) is 6.42 Å². The first kappa shape index (κ1) is 37.2. The molecule has 0 saturated carbocycles. The fourth-order valence-electron chi connectivity index (χ4n) is 3.23. The first-order valence-electron chi connectivity index (χ1n) is 11.1. The Morgan fingerprint density at radius 1 is 0.316 bits per heavy atom. The van der Waals surface area contributed by atoms with Gasteiger partial charge in [-0.05, 0) is 18.6 Å². The molecule has 0 aromatic heterocycles. The number of hydrogen-bond donors (Lipinski definition) is 1. The molecule has 0 aliphatic heterocycles. The van der Waals surface area contributed by atoms with Crippen LogP contribution in [0.2, 0.25) is 0 Å². The molecule has 0 nitrogen and oxygen atoms in total. The van der Waals surface area contributed by atoms with E-state index in [2.05, 4.69) is 12.6 Å². The van der Waals surface area contributed by atoms with E-state index in [1.165, 1.54) is 0 Å². The molecule has 0 aliphatic rings. The second kappa shape index (κ2) is 12.8. The number of halogens is 17. The number of rotatable bonds is 18. The molecule has 230 valence electrons. The molecule has 0 rings (SSSR count). The van der Waals surface area contributed by atoms with E-state index < -0.39 is 60.5 Å². The Hall–Kier alpha value is -0.840. The van der Waals surface area contributed by atoms with Crippen molar-refractivity contribution in [3.63, 3.8) is 0 Å². The molecule has 38 heavy (non-hydrogen) atoms. The van der Waals surface area contributed by atoms with Crippen molar-refractivity contribution < 1.29 is 74.6 Å². The molecular weight excluding hydrogens is 595 g/mol. The molecule has 0 N–H and O–H groups in total. The standard InChI is InChI=1S/C20H25F17S/c21-13(22,11-9-7-5-3-1-2-4-6-8-10-12-38)14(23,24)15(25,26)16(27,28)17(29,30)18(31,32)19(33,34)20(35,36)37/h38H,1-12H2. The van der Waals surface area contributed by atoms with E-state index in [4.69, 9.17) is 0 Å². The van der Waals surface area contributed by atoms with E-state index in [-0.39, 0.29) is 12.8 Å². The monoisotopic (exact) mass is 620 g/mol. The van der Waals surface area contributed by atoms with E-state index in [1.54, 1.807) is 0 Å². The minimum Gasteiger partial charge on any atom is -0.200 e. The molecule has 0 radical (unpaired) electrons. The molecule has 0 aliphatic carbocycles. The first-order valence-corrected chi connectivity index (χ1v) is 11.8. The zero-order valence-electron chi connectivity index (χ0n) is 19.4. The van der Waals surface area contributed by atoms with Gasteiger partial charge in [0.25, 0.3) is 0 Å². The third kappa shape index (κ3) is 7.07. The summed E-state index contributed by atoms with van der Waals surface area (Å²) in [7, 11) is 0. The van der Waals surface area contributed by atoms with Crippen LogP contribution in [-0.2, 0) is 0 Å². The lowest BCUT2D eigenvalue weighted by atomic mass is 9.87. The van der Waals surface area contributed by atoms with Crippen LogP contribution in [0.1, 0.15) is 70.6 Å². The Morgan fingerprint density at radius 2 is 0.579 bits per heavy atom. The average molecular weight is 620 g/mol. The van der Waals surface area contributed by atoms with Crippen LogP contribution in [-0.4, -0.2) is 53.4 Å². The summed E-state index contributed by atoms with van der Waals surface area (Å²) in [6.07, 6.45) is -6.21. The van der Waals surface area contributed by atoms with Gasteiger partial charge in [-0.15, -0.1) is 0 Å². The van der Waals surface area contributed by atoms with Gasteiger partial charge in [-0.2, -0.15) is 87.3 Å². The van der Waals surface area contributed by atoms with Crippen LogP contribution < -0.4 is 0 Å². The van der Waals surface area contributed by atoms with E-state index >= 15 is 0 Å². The van der Waals surface area contributed by atoms with E-state index in [1.807, 2.05) is 0 Å². The summed E-state index contributed by atoms with van der Waals surface area (Å²) in [6, 6.07) is 0. The Morgan fingerprint density at radius 3 is 0.895 bits per heavy atom. The zero-order chi connectivity index (χ0) is 30.5. The van der Waals surface area contributed by atoms with Gasteiger partial charge < -0.3 is 0 Å². The van der Waals surface area contributed by atoms with Crippen LogP contribution in [0.25, 0.3) is 0 Å². The van der Waals surface area contributed by atoms with Crippen molar-refractivity contribution in [3.8, 4) is 0 Å². The maximum absolute atomic E-state index is 13.8. The van der Waals surface area contributed by atoms with Gasteiger partial charge in [0.2, 0.25) is 0 Å². The SMILES string of the molecule is FC(F)(F)C(F)(F)C(F)(F)C(F)(F)C(F)(F)C(F)(F)C(F)(F)C(F)(F)CCCCCCCCCCCCS. The molecule has 0 spiro atoms. The molecule has 0 aromatic rings. The Labute approximate surface area is 212 Å². The van der Waals surface area contributed by atoms with Crippen molar-refractivity contribution in [2.75, 3.05) is 5.75 Å². The third-order valence-electron chi connectivity index (χ3n) is 5.69. The maximum atomic E-state index is 13.8. The summed E-state index contributed by atoms with van der Waals surface area (Å²) in [5, 5.41) is 0. The summed E-state index contributed by atoms with van der Waals surface area (Å²) in [4.78, 5) is 0. The summed E-state index contributed by atoms with van der Waals surface area (Å²) >= 11 is 4.02. The van der Waals surface area contributed by atoms with Crippen molar-refractivity contribution in [3.05, 3.63) is 0 Å². The molecule has 0 fully saturated rings. The highest BCUT2D eigenvalue weighted by atomic mass is 32.1. The summed E-state index contributed by atoms with van der Waals surface area (Å²) in [5.74, 6) is -55.0. The van der Waals surface area contributed by atoms with Gasteiger partial charge in [0.05, 0.1) is 0 Å². The summed E-state index contributed by atoms with van der Waals surface area (Å²) in [5.41, 5.74) is 0. The zero-order valence-corrected chi connectivity index (χ0v) is 20.3. The lowest BCUT2D eigenvalue weighted by Gasteiger charge is -2.42. The first-order chi connectivity index (χ1) is 16.8. The molecule has 0 unspecified atom stereocenters. The molecular formula is C20H25F17S. The average Bonchev–Trinajstić information content (AvgIpc) is 2.75. The number of hydrogen-bond acceptors (Lipinski definition) is 1. The topological polar surface area (TPSA) is 0 Å². The molecule has 0 atom stereocenters. The van der Waals surface area contributed by atoms with E-state index in [0.29, 0.717) is 25.0 Å². The number of unbranched alkanes of at least 4 members (excludes halogenated alkanes) is 9. The molecule has 0 aromatic carbocycles. The van der Waals surface area contributed by atoms with Crippen molar-refractivity contribution in [2.45, 2.75) is 118 Å². The normalized spacial score (nSPS) is 15.3. The minimum atomic E-state index is -8.57. The van der Waals surface area contributed by atoms with Gasteiger partial charge in [-0.25, -0.2) is 0 Å². The lowest BCUT2D eigenvalue weighted by Crippen LogP contribution is -2.74. The quantitative estimate of drug-likeness (QED) is 0.0880. The summed E-state index contributed by atoms with van der Waals surface area (Å²) in [6.45, 7) is 0. The van der Waals surface area contributed by atoms with Gasteiger partial charge in [0.15, 0.2) is 0 Å². The highest BCUT2D eigenvalue weighted by Crippen LogP contribution is 2.64. The van der Waals surface area contributed by atoms with Crippen LogP contribution >= 0.6 is 12.6 Å².